The van der Waals surface area contributed by atoms with E-state index in [0.29, 0.717) is 0 Å². The lowest BCUT2D eigenvalue weighted by Gasteiger charge is -2.57. The predicted molar refractivity (Wildman–Crippen MR) is 264 cm³/mol. The fourth-order valence-corrected chi connectivity index (χ4v) is 13.8. The minimum Gasteiger partial charge on any atom is -0.472 e. The Bertz CT molecular complexity index is 2580. The van der Waals surface area contributed by atoms with Crippen LogP contribution in [0.25, 0.3) is 0 Å². The summed E-state index contributed by atoms with van der Waals surface area (Å²) in [4.78, 5) is 5.38. The van der Waals surface area contributed by atoms with Gasteiger partial charge >= 0.3 is 0 Å². The van der Waals surface area contributed by atoms with E-state index in [1.807, 2.05) is 0 Å². The van der Waals surface area contributed by atoms with Gasteiger partial charge in [0, 0.05) is 39.4 Å². The zero-order valence-corrected chi connectivity index (χ0v) is 40.3. The number of hydrogen-bond donors (Lipinski definition) is 0. The largest absolute Gasteiger partial charge is 0.472 e. The van der Waals surface area contributed by atoms with E-state index in [1.165, 1.54) is 112 Å². The summed E-state index contributed by atoms with van der Waals surface area (Å²) >= 11 is 0. The number of rotatable bonds is 3. The Labute approximate surface area is 374 Å². The lowest BCUT2D eigenvalue weighted by Crippen LogP contribution is -2.61. The molecular formula is C58H71BN2O. The number of nitrogens with zero attached hydrogens (tertiary/aromatic N) is 2. The Morgan fingerprint density at radius 3 is 1.53 bits per heavy atom. The second-order valence-electron chi connectivity index (χ2n) is 25.6. The highest BCUT2D eigenvalue weighted by atomic mass is 16.3. The van der Waals surface area contributed by atoms with Crippen LogP contribution >= 0.6 is 0 Å². The molecule has 3 heterocycles. The van der Waals surface area contributed by atoms with Crippen molar-refractivity contribution in [3.8, 4) is 0 Å². The predicted octanol–water partition coefficient (Wildman–Crippen LogP) is 14.1. The second-order valence-corrected chi connectivity index (χ2v) is 25.6. The molecule has 322 valence electrons. The van der Waals surface area contributed by atoms with Crippen molar-refractivity contribution in [1.82, 2.24) is 0 Å². The van der Waals surface area contributed by atoms with Crippen LogP contribution in [-0.4, -0.2) is 6.71 Å². The number of furan rings is 1. The van der Waals surface area contributed by atoms with Crippen molar-refractivity contribution in [3.05, 3.63) is 112 Å². The molecule has 4 saturated carbocycles. The van der Waals surface area contributed by atoms with Crippen LogP contribution in [0.2, 0.25) is 0 Å². The van der Waals surface area contributed by atoms with Gasteiger partial charge in [0.25, 0.3) is 6.71 Å². The third-order valence-electron chi connectivity index (χ3n) is 17.0. The summed E-state index contributed by atoms with van der Waals surface area (Å²) in [5.41, 5.74) is 19.0. The normalized spacial score (nSPS) is 25.4. The zero-order chi connectivity index (χ0) is 43.7. The van der Waals surface area contributed by atoms with Crippen LogP contribution in [0.15, 0.2) is 83.3 Å². The second kappa shape index (κ2) is 13.0. The lowest BCUT2D eigenvalue weighted by molar-refractivity contribution is -0.00514. The maximum absolute atomic E-state index is 7.71. The molecule has 5 aromatic rings. The Balaban J connectivity index is 1.26. The van der Waals surface area contributed by atoms with E-state index in [2.05, 4.69) is 179 Å². The van der Waals surface area contributed by atoms with Gasteiger partial charge in [0.05, 0.1) is 11.3 Å². The highest BCUT2D eigenvalue weighted by molar-refractivity contribution is 6.99. The molecule has 1 aromatic heterocycles. The van der Waals surface area contributed by atoms with Crippen molar-refractivity contribution < 1.29 is 4.42 Å². The first-order chi connectivity index (χ1) is 29.0. The van der Waals surface area contributed by atoms with Gasteiger partial charge in [-0.25, -0.2) is 0 Å². The summed E-state index contributed by atoms with van der Waals surface area (Å²) in [6, 6.07) is 32.1. The molecule has 4 heteroatoms. The molecule has 0 amide bonds. The summed E-state index contributed by atoms with van der Waals surface area (Å²) in [6.45, 7) is 30.9. The molecule has 62 heavy (non-hydrogen) atoms. The monoisotopic (exact) mass is 823 g/mol. The number of hydrogen-bond acceptors (Lipinski definition) is 3. The molecule has 0 radical (unpaired) electrons. The smallest absolute Gasteiger partial charge is 0.297 e. The molecule has 7 aliphatic rings. The van der Waals surface area contributed by atoms with Gasteiger partial charge in [-0.3, -0.25) is 0 Å². The molecule has 0 N–H and O–H groups in total. The lowest BCUT2D eigenvalue weighted by atomic mass is 9.35. The van der Waals surface area contributed by atoms with E-state index in [0.717, 1.165) is 36.3 Å². The maximum atomic E-state index is 7.71. The highest BCUT2D eigenvalue weighted by Crippen LogP contribution is 2.62. The Kier molecular flexibility index (Phi) is 8.49. The minimum absolute atomic E-state index is 0.00952. The Hall–Kier alpha value is -4.18. The van der Waals surface area contributed by atoms with Crippen molar-refractivity contribution in [2.75, 3.05) is 9.80 Å². The molecule has 4 fully saturated rings. The van der Waals surface area contributed by atoms with Gasteiger partial charge in [-0.1, -0.05) is 126 Å². The van der Waals surface area contributed by atoms with E-state index in [1.54, 1.807) is 5.56 Å². The first kappa shape index (κ1) is 40.6. The highest BCUT2D eigenvalue weighted by Gasteiger charge is 2.55. The van der Waals surface area contributed by atoms with Crippen LogP contribution in [0.3, 0.4) is 0 Å². The standard InChI is InChI=1S/C58H71BN2O/c1-53(2,3)38-14-19-42(20-15-38)60-45-23-18-40(55(7,8)9)29-44(45)59-49-46(60)30-41(58-32-35-26-36(33-58)28-37(27-35)34-58)31-47(49)61(43-21-16-39(17-22-43)54(4,5)6)50-48-51(62-52(50)59)57(12,13)25-24-56(48,10)11/h14-23,29-31,35-37H,24-28,32-34H2,1-13H3. The molecule has 4 bridgehead atoms. The third-order valence-corrected chi connectivity index (χ3v) is 17.0. The van der Waals surface area contributed by atoms with Gasteiger partial charge < -0.3 is 14.2 Å². The summed E-state index contributed by atoms with van der Waals surface area (Å²) in [6.07, 6.45) is 10.6. The summed E-state index contributed by atoms with van der Waals surface area (Å²) < 4.78 is 7.71. The molecule has 3 nitrogen and oxygen atoms in total. The maximum Gasteiger partial charge on any atom is 0.297 e. The number of benzene rings is 4. The van der Waals surface area contributed by atoms with Crippen LogP contribution in [0.1, 0.15) is 175 Å². The first-order valence-corrected chi connectivity index (χ1v) is 24.3. The Morgan fingerprint density at radius 1 is 0.548 bits per heavy atom. The van der Waals surface area contributed by atoms with Crippen LogP contribution < -0.4 is 26.4 Å². The van der Waals surface area contributed by atoms with Crippen molar-refractivity contribution in [2.24, 2.45) is 17.8 Å². The van der Waals surface area contributed by atoms with E-state index in [-0.39, 0.29) is 39.2 Å². The molecule has 12 rings (SSSR count). The molecule has 5 aliphatic carbocycles. The molecule has 0 saturated heterocycles. The summed E-state index contributed by atoms with van der Waals surface area (Å²) in [5, 5.41) is 0. The van der Waals surface area contributed by atoms with E-state index in [4.69, 9.17) is 4.42 Å². The van der Waals surface area contributed by atoms with E-state index >= 15 is 0 Å². The average Bonchev–Trinajstić information content (AvgIpc) is 3.61. The Morgan fingerprint density at radius 2 is 1.02 bits per heavy atom. The van der Waals surface area contributed by atoms with Gasteiger partial charge in [0.2, 0.25) is 0 Å². The summed E-state index contributed by atoms with van der Waals surface area (Å²) in [5.74, 6) is 3.76. The molecule has 2 aliphatic heterocycles. The van der Waals surface area contributed by atoms with Crippen LogP contribution in [-0.2, 0) is 32.5 Å². The fraction of sp³-hybridized carbons (Fsp3) is 0.517. The quantitative estimate of drug-likeness (QED) is 0.166. The molecular weight excluding hydrogens is 751 g/mol. The van der Waals surface area contributed by atoms with Crippen LogP contribution in [0, 0.1) is 17.8 Å². The number of fused-ring (bicyclic) bond motifs is 6. The van der Waals surface area contributed by atoms with Crippen LogP contribution in [0.5, 0.6) is 0 Å². The molecule has 0 spiro atoms. The molecule has 0 atom stereocenters. The van der Waals surface area contributed by atoms with E-state index in [9.17, 15) is 0 Å². The van der Waals surface area contributed by atoms with Crippen molar-refractivity contribution >= 4 is 57.4 Å². The third kappa shape index (κ3) is 6.03. The molecule has 0 unspecified atom stereocenters. The van der Waals surface area contributed by atoms with Crippen molar-refractivity contribution in [3.63, 3.8) is 0 Å². The molecule has 4 aromatic carbocycles. The fourth-order valence-electron chi connectivity index (χ4n) is 13.8. The van der Waals surface area contributed by atoms with Gasteiger partial charge in [0.15, 0.2) is 0 Å². The van der Waals surface area contributed by atoms with Crippen molar-refractivity contribution in [1.29, 1.82) is 0 Å². The van der Waals surface area contributed by atoms with Gasteiger partial charge in [-0.05, 0) is 172 Å². The van der Waals surface area contributed by atoms with Crippen molar-refractivity contribution in [2.45, 2.75) is 174 Å². The number of anilines is 6. The average molecular weight is 823 g/mol. The zero-order valence-electron chi connectivity index (χ0n) is 40.3. The summed E-state index contributed by atoms with van der Waals surface area (Å²) in [7, 11) is 0. The first-order valence-electron chi connectivity index (χ1n) is 24.3. The minimum atomic E-state index is -0.0745. The van der Waals surface area contributed by atoms with E-state index < -0.39 is 0 Å². The van der Waals surface area contributed by atoms with Crippen LogP contribution in [0.4, 0.5) is 34.1 Å². The van der Waals surface area contributed by atoms with Gasteiger partial charge in [-0.15, -0.1) is 0 Å². The SMILES string of the molecule is CC(C)(C)c1ccc(N2c3ccc(C(C)(C)C)cc3B3c4oc5c(c4N(c4ccc(C(C)(C)C)cc4)c4cc(C67CC8CC(CC(C8)C6)C7)cc2c43)C(C)(C)CCC5(C)C)cc1. The topological polar surface area (TPSA) is 19.6 Å². The van der Waals surface area contributed by atoms with Gasteiger partial charge in [-0.2, -0.15) is 0 Å². The van der Waals surface area contributed by atoms with Gasteiger partial charge in [0.1, 0.15) is 5.76 Å².